The van der Waals surface area contributed by atoms with Crippen molar-refractivity contribution >= 4 is 0 Å². The molecule has 1 aromatic carbocycles. The summed E-state index contributed by atoms with van der Waals surface area (Å²) in [5.74, 6) is 2.15. The fraction of sp³-hybridized carbons (Fsp3) is 0.538. The molecule has 1 unspecified atom stereocenters. The second-order valence-corrected chi connectivity index (χ2v) is 4.14. The predicted octanol–water partition coefficient (Wildman–Crippen LogP) is 2.32. The van der Waals surface area contributed by atoms with Gasteiger partial charge in [-0.2, -0.15) is 0 Å². The Bertz CT molecular complexity index is 313. The van der Waals surface area contributed by atoms with E-state index >= 15 is 0 Å². The molecule has 16 heavy (non-hydrogen) atoms. The van der Waals surface area contributed by atoms with Crippen molar-refractivity contribution in [2.75, 3.05) is 20.7 Å². The summed E-state index contributed by atoms with van der Waals surface area (Å²) in [5.41, 5.74) is 0. The van der Waals surface area contributed by atoms with Gasteiger partial charge in [-0.15, -0.1) is 0 Å². The van der Waals surface area contributed by atoms with E-state index in [1.54, 1.807) is 7.11 Å². The third kappa shape index (κ3) is 3.74. The van der Waals surface area contributed by atoms with Crippen molar-refractivity contribution in [2.45, 2.75) is 20.0 Å². The van der Waals surface area contributed by atoms with Crippen LogP contribution in [0.2, 0.25) is 0 Å². The predicted molar refractivity (Wildman–Crippen MR) is 66.2 cm³/mol. The quantitative estimate of drug-likeness (QED) is 0.803. The summed E-state index contributed by atoms with van der Waals surface area (Å²) in [6.07, 6.45) is 0.178. The summed E-state index contributed by atoms with van der Waals surface area (Å²) >= 11 is 0. The highest BCUT2D eigenvalue weighted by molar-refractivity contribution is 5.33. The molecule has 0 aliphatic carbocycles. The van der Waals surface area contributed by atoms with E-state index in [-0.39, 0.29) is 6.10 Å². The van der Waals surface area contributed by atoms with E-state index in [0.29, 0.717) is 5.92 Å². The number of nitrogens with one attached hydrogen (secondary N) is 1. The van der Waals surface area contributed by atoms with Crippen LogP contribution in [0.1, 0.15) is 13.8 Å². The van der Waals surface area contributed by atoms with Gasteiger partial charge in [0.25, 0.3) is 0 Å². The van der Waals surface area contributed by atoms with Crippen LogP contribution in [0.5, 0.6) is 11.5 Å². The van der Waals surface area contributed by atoms with Crippen LogP contribution in [-0.4, -0.2) is 26.8 Å². The molecule has 1 aromatic rings. The van der Waals surface area contributed by atoms with Gasteiger partial charge in [-0.25, -0.2) is 0 Å². The average molecular weight is 223 g/mol. The summed E-state index contributed by atoms with van der Waals surface area (Å²) in [7, 11) is 3.59. The van der Waals surface area contributed by atoms with Crippen LogP contribution in [-0.2, 0) is 0 Å². The molecule has 0 spiro atoms. The molecule has 0 fully saturated rings. The van der Waals surface area contributed by atoms with E-state index in [4.69, 9.17) is 9.47 Å². The van der Waals surface area contributed by atoms with Gasteiger partial charge in [0, 0.05) is 12.6 Å². The fourth-order valence-electron chi connectivity index (χ4n) is 1.46. The van der Waals surface area contributed by atoms with Crippen LogP contribution in [0.15, 0.2) is 24.3 Å². The average Bonchev–Trinajstić information content (AvgIpc) is 2.28. The number of likely N-dealkylation sites (N-methyl/N-ethyl adjacent to an activating group) is 1. The van der Waals surface area contributed by atoms with E-state index in [0.717, 1.165) is 18.0 Å². The van der Waals surface area contributed by atoms with Crippen LogP contribution < -0.4 is 14.8 Å². The topological polar surface area (TPSA) is 30.5 Å². The minimum absolute atomic E-state index is 0.178. The maximum atomic E-state index is 5.92. The third-order valence-corrected chi connectivity index (χ3v) is 2.48. The van der Waals surface area contributed by atoms with E-state index < -0.39 is 0 Å². The Labute approximate surface area is 97.8 Å². The first-order valence-electron chi connectivity index (χ1n) is 5.62. The van der Waals surface area contributed by atoms with Crippen LogP contribution in [0.4, 0.5) is 0 Å². The van der Waals surface area contributed by atoms with Gasteiger partial charge in [-0.3, -0.25) is 0 Å². The fourth-order valence-corrected chi connectivity index (χ4v) is 1.46. The molecule has 0 aliphatic heterocycles. The van der Waals surface area contributed by atoms with Gasteiger partial charge in [0.1, 0.15) is 17.6 Å². The summed E-state index contributed by atoms with van der Waals surface area (Å²) in [6.45, 7) is 5.15. The van der Waals surface area contributed by atoms with E-state index in [1.807, 2.05) is 31.3 Å². The molecule has 1 N–H and O–H groups in total. The highest BCUT2D eigenvalue weighted by atomic mass is 16.5. The highest BCUT2D eigenvalue weighted by Gasteiger charge is 2.14. The third-order valence-electron chi connectivity index (χ3n) is 2.48. The highest BCUT2D eigenvalue weighted by Crippen LogP contribution is 2.21. The Kier molecular flexibility index (Phi) is 5.12. The van der Waals surface area contributed by atoms with Gasteiger partial charge in [0.15, 0.2) is 0 Å². The van der Waals surface area contributed by atoms with Gasteiger partial charge in [-0.05, 0) is 25.1 Å². The molecule has 0 aromatic heterocycles. The molecule has 0 heterocycles. The molecule has 90 valence electrons. The molecule has 3 heteroatoms. The number of hydrogen-bond donors (Lipinski definition) is 1. The van der Waals surface area contributed by atoms with Crippen molar-refractivity contribution in [3.05, 3.63) is 24.3 Å². The van der Waals surface area contributed by atoms with E-state index in [1.165, 1.54) is 0 Å². The lowest BCUT2D eigenvalue weighted by Crippen LogP contribution is -2.33. The van der Waals surface area contributed by atoms with Crippen molar-refractivity contribution in [1.82, 2.24) is 5.32 Å². The van der Waals surface area contributed by atoms with Crippen LogP contribution in [0.25, 0.3) is 0 Å². The second kappa shape index (κ2) is 6.38. The smallest absolute Gasteiger partial charge is 0.123 e. The minimum Gasteiger partial charge on any atom is -0.497 e. The lowest BCUT2D eigenvalue weighted by molar-refractivity contribution is 0.151. The normalized spacial score (nSPS) is 12.6. The number of benzene rings is 1. The van der Waals surface area contributed by atoms with Crippen molar-refractivity contribution in [2.24, 2.45) is 5.92 Å². The standard InChI is InChI=1S/C13H21NO2/c1-10(2)13(9-14-3)16-12-7-5-6-11(8-12)15-4/h5-8,10,13-14H,9H2,1-4H3. The van der Waals surface area contributed by atoms with Gasteiger partial charge < -0.3 is 14.8 Å². The molecule has 0 bridgehead atoms. The summed E-state index contributed by atoms with van der Waals surface area (Å²) < 4.78 is 11.1. The summed E-state index contributed by atoms with van der Waals surface area (Å²) in [4.78, 5) is 0. The number of rotatable bonds is 6. The van der Waals surface area contributed by atoms with Gasteiger partial charge >= 0.3 is 0 Å². The van der Waals surface area contributed by atoms with Crippen molar-refractivity contribution < 1.29 is 9.47 Å². The SMILES string of the molecule is CNCC(Oc1cccc(OC)c1)C(C)C. The second-order valence-electron chi connectivity index (χ2n) is 4.14. The van der Waals surface area contributed by atoms with Crippen LogP contribution in [0.3, 0.4) is 0 Å². The summed E-state index contributed by atoms with van der Waals surface area (Å²) in [5, 5.41) is 3.14. The van der Waals surface area contributed by atoms with Gasteiger partial charge in [0.05, 0.1) is 7.11 Å². The zero-order valence-corrected chi connectivity index (χ0v) is 10.5. The number of ether oxygens (including phenoxy) is 2. The molecule has 0 aliphatic rings. The van der Waals surface area contributed by atoms with Crippen molar-refractivity contribution in [3.8, 4) is 11.5 Å². The minimum atomic E-state index is 0.178. The first-order chi connectivity index (χ1) is 7.67. The molecule has 0 amide bonds. The zero-order chi connectivity index (χ0) is 12.0. The van der Waals surface area contributed by atoms with Gasteiger partial charge in [-0.1, -0.05) is 19.9 Å². The largest absolute Gasteiger partial charge is 0.497 e. The molecular weight excluding hydrogens is 202 g/mol. The van der Waals surface area contributed by atoms with E-state index in [9.17, 15) is 0 Å². The lowest BCUT2D eigenvalue weighted by atomic mass is 10.1. The zero-order valence-electron chi connectivity index (χ0n) is 10.5. The van der Waals surface area contributed by atoms with Crippen LogP contribution >= 0.6 is 0 Å². The van der Waals surface area contributed by atoms with Crippen LogP contribution in [0, 0.1) is 5.92 Å². The molecular formula is C13H21NO2. The molecule has 0 radical (unpaired) electrons. The Hall–Kier alpha value is -1.22. The van der Waals surface area contributed by atoms with Crippen molar-refractivity contribution in [1.29, 1.82) is 0 Å². The Morgan fingerprint density at radius 1 is 1.25 bits per heavy atom. The Balaban J connectivity index is 2.68. The molecule has 0 saturated carbocycles. The van der Waals surface area contributed by atoms with E-state index in [2.05, 4.69) is 19.2 Å². The summed E-state index contributed by atoms with van der Waals surface area (Å²) in [6, 6.07) is 7.71. The number of methoxy groups -OCH3 is 1. The van der Waals surface area contributed by atoms with Crippen molar-refractivity contribution in [3.63, 3.8) is 0 Å². The molecule has 1 rings (SSSR count). The monoisotopic (exact) mass is 223 g/mol. The first kappa shape index (κ1) is 12.8. The first-order valence-corrected chi connectivity index (χ1v) is 5.62. The number of hydrogen-bond acceptors (Lipinski definition) is 3. The molecule has 3 nitrogen and oxygen atoms in total. The Morgan fingerprint density at radius 3 is 2.50 bits per heavy atom. The lowest BCUT2D eigenvalue weighted by Gasteiger charge is -2.22. The Morgan fingerprint density at radius 2 is 1.94 bits per heavy atom. The molecule has 1 atom stereocenters. The maximum Gasteiger partial charge on any atom is 0.123 e. The maximum absolute atomic E-state index is 5.92. The van der Waals surface area contributed by atoms with Gasteiger partial charge in [0.2, 0.25) is 0 Å². The molecule has 0 saturated heterocycles.